The minimum absolute atomic E-state index is 0.216. The van der Waals surface area contributed by atoms with Crippen LogP contribution in [0.3, 0.4) is 0 Å². The van der Waals surface area contributed by atoms with Gasteiger partial charge in [0.2, 0.25) is 0 Å². The van der Waals surface area contributed by atoms with Gasteiger partial charge in [-0.1, -0.05) is 0 Å². The Morgan fingerprint density at radius 1 is 1.04 bits per heavy atom. The molecular formula is C21H28SiZr. The fourth-order valence-corrected chi connectivity index (χ4v) is 22.3. The van der Waals surface area contributed by atoms with Gasteiger partial charge in [-0.2, -0.15) is 0 Å². The van der Waals surface area contributed by atoms with Crippen molar-refractivity contribution in [2.75, 3.05) is 0 Å². The topological polar surface area (TPSA) is 0 Å². The van der Waals surface area contributed by atoms with Crippen molar-refractivity contribution in [3.63, 3.8) is 0 Å². The van der Waals surface area contributed by atoms with E-state index in [0.717, 1.165) is 7.25 Å². The number of fused-ring (bicyclic) bond motifs is 1. The summed E-state index contributed by atoms with van der Waals surface area (Å²) in [6.07, 6.45) is 10.2. The predicted octanol–water partition coefficient (Wildman–Crippen LogP) is 6.34. The summed E-state index contributed by atoms with van der Waals surface area (Å²) in [5.74, 6) is 0. The Kier molecular flexibility index (Phi) is 4.87. The Hall–Kier alpha value is -0.460. The van der Waals surface area contributed by atoms with Crippen LogP contribution in [-0.4, -0.2) is 5.43 Å². The zero-order chi connectivity index (χ0) is 16.8. The summed E-state index contributed by atoms with van der Waals surface area (Å²) >= 11 is -1.63. The van der Waals surface area contributed by atoms with E-state index in [9.17, 15) is 0 Å². The first-order valence-corrected chi connectivity index (χ1v) is 17.7. The van der Waals surface area contributed by atoms with Crippen LogP contribution in [0.4, 0.5) is 0 Å². The Morgan fingerprint density at radius 3 is 2.35 bits per heavy atom. The molecule has 0 radical (unpaired) electrons. The van der Waals surface area contributed by atoms with Crippen LogP contribution in [0.15, 0.2) is 54.1 Å². The molecule has 0 amide bonds. The third kappa shape index (κ3) is 3.35. The minimum atomic E-state index is -1.63. The van der Waals surface area contributed by atoms with Crippen molar-refractivity contribution >= 4 is 11.0 Å². The molecule has 1 aromatic carbocycles. The fraction of sp³-hybridized carbons (Fsp3) is 0.429. The number of rotatable bonds is 2. The second-order valence-corrected chi connectivity index (χ2v) is 26.3. The number of allylic oxidation sites excluding steroid dienone is 6. The summed E-state index contributed by atoms with van der Waals surface area (Å²) in [4.78, 5) is 0. The normalized spacial score (nSPS) is 22.7. The van der Waals surface area contributed by atoms with Crippen molar-refractivity contribution in [2.24, 2.45) is 5.41 Å². The Balaban J connectivity index is 2.03. The number of hydrogen-bond acceptors (Lipinski definition) is 0. The molecule has 0 spiro atoms. The van der Waals surface area contributed by atoms with Gasteiger partial charge in [0.15, 0.2) is 0 Å². The first-order valence-electron chi connectivity index (χ1n) is 8.64. The second kappa shape index (κ2) is 6.45. The van der Waals surface area contributed by atoms with E-state index < -0.39 is 20.4 Å². The van der Waals surface area contributed by atoms with Gasteiger partial charge in [-0.25, -0.2) is 0 Å². The molecule has 0 fully saturated rings. The van der Waals surface area contributed by atoms with Gasteiger partial charge in [0, 0.05) is 0 Å². The molecule has 23 heavy (non-hydrogen) atoms. The quantitative estimate of drug-likeness (QED) is 0.509. The molecule has 0 saturated carbocycles. The molecule has 0 aromatic heterocycles. The van der Waals surface area contributed by atoms with Gasteiger partial charge in [-0.15, -0.1) is 0 Å². The molecule has 2 atom stereocenters. The zero-order valence-electron chi connectivity index (χ0n) is 15.3. The van der Waals surface area contributed by atoms with Gasteiger partial charge in [0.25, 0.3) is 0 Å². The molecule has 1 aromatic rings. The molecule has 3 rings (SSSR count). The van der Waals surface area contributed by atoms with Crippen LogP contribution in [-0.2, 0) is 20.4 Å². The zero-order valence-corrected chi connectivity index (χ0v) is 18.7. The van der Waals surface area contributed by atoms with Crippen molar-refractivity contribution in [2.45, 2.75) is 48.0 Å². The average Bonchev–Trinajstić information content (AvgIpc) is 3.06. The van der Waals surface area contributed by atoms with E-state index in [1.165, 1.54) is 11.1 Å². The van der Waals surface area contributed by atoms with Crippen LogP contribution in [0.2, 0.25) is 16.7 Å². The monoisotopic (exact) mass is 398 g/mol. The van der Waals surface area contributed by atoms with Crippen LogP contribution in [0, 0.1) is 5.41 Å². The molecular weight excluding hydrogens is 372 g/mol. The van der Waals surface area contributed by atoms with Gasteiger partial charge in [0.05, 0.1) is 0 Å². The van der Waals surface area contributed by atoms with Crippen LogP contribution in [0.1, 0.15) is 42.4 Å². The molecule has 2 aliphatic rings. The van der Waals surface area contributed by atoms with Gasteiger partial charge < -0.3 is 0 Å². The van der Waals surface area contributed by atoms with E-state index >= 15 is 0 Å². The Bertz CT molecular complexity index is 752. The third-order valence-electron chi connectivity index (χ3n) is 5.12. The molecule has 0 aliphatic heterocycles. The number of hydrogen-bond donors (Lipinski definition) is 0. The van der Waals surface area contributed by atoms with Gasteiger partial charge in [-0.05, 0) is 0 Å². The standard InChI is InChI=1S/C10H9.C9H13.C2H6Si.Zr/c1-8-6-7-9-4-2-3-5-10(8)9;1-9(2,3)8-6-4-5-7-8;1-3-2;/h2-7H,1H3;4-7H,1-3H3;1-2H3;. The molecule has 0 N–H and O–H groups in total. The summed E-state index contributed by atoms with van der Waals surface area (Å²) < 4.78 is 1.57. The second-order valence-electron chi connectivity index (χ2n) is 8.13. The van der Waals surface area contributed by atoms with E-state index in [1.807, 2.05) is 0 Å². The van der Waals surface area contributed by atoms with Crippen LogP contribution >= 0.6 is 0 Å². The molecule has 2 heteroatoms. The maximum absolute atomic E-state index is 2.64. The van der Waals surface area contributed by atoms with Crippen molar-refractivity contribution in [3.8, 4) is 0 Å². The molecule has 2 aliphatic carbocycles. The van der Waals surface area contributed by atoms with Crippen molar-refractivity contribution in [3.05, 3.63) is 65.3 Å². The first kappa shape index (κ1) is 17.4. The summed E-state index contributed by atoms with van der Waals surface area (Å²) in [5, 5.41) is 0. The first-order chi connectivity index (χ1) is 10.8. The number of benzene rings is 1. The fourth-order valence-electron chi connectivity index (χ4n) is 3.87. The SMILES string of the molecule is CC1=C[CH]([Zr]([CH]2C=CC(C(C)(C)C)=C2)=[Si](C)C)c2ccccc21. The molecule has 120 valence electrons. The van der Waals surface area contributed by atoms with Crippen molar-refractivity contribution in [1.82, 2.24) is 0 Å². The van der Waals surface area contributed by atoms with E-state index in [-0.39, 0.29) is 10.8 Å². The van der Waals surface area contributed by atoms with Gasteiger partial charge in [-0.3, -0.25) is 0 Å². The average molecular weight is 400 g/mol. The molecule has 0 heterocycles. The summed E-state index contributed by atoms with van der Waals surface area (Å²) in [6.45, 7) is 14.5. The van der Waals surface area contributed by atoms with Crippen LogP contribution in [0.25, 0.3) is 5.57 Å². The van der Waals surface area contributed by atoms with E-state index in [4.69, 9.17) is 0 Å². The van der Waals surface area contributed by atoms with Crippen LogP contribution in [0.5, 0.6) is 0 Å². The third-order valence-corrected chi connectivity index (χ3v) is 24.1. The molecule has 2 unspecified atom stereocenters. The molecule has 0 nitrogen and oxygen atoms in total. The maximum atomic E-state index is 2.64. The van der Waals surface area contributed by atoms with Gasteiger partial charge >= 0.3 is 150 Å². The summed E-state index contributed by atoms with van der Waals surface area (Å²) in [7, 11) is 0. The summed E-state index contributed by atoms with van der Waals surface area (Å²) in [5.41, 5.74) is 6.28. The Labute approximate surface area is 149 Å². The molecule has 0 saturated heterocycles. The Morgan fingerprint density at radius 2 is 1.74 bits per heavy atom. The van der Waals surface area contributed by atoms with Gasteiger partial charge in [0.1, 0.15) is 0 Å². The van der Waals surface area contributed by atoms with Crippen molar-refractivity contribution < 1.29 is 20.4 Å². The van der Waals surface area contributed by atoms with Crippen molar-refractivity contribution in [1.29, 1.82) is 0 Å². The molecule has 0 bridgehead atoms. The van der Waals surface area contributed by atoms with E-state index in [1.54, 1.807) is 11.1 Å². The predicted molar refractivity (Wildman–Crippen MR) is 101 cm³/mol. The van der Waals surface area contributed by atoms with Crippen LogP contribution < -0.4 is 0 Å². The van der Waals surface area contributed by atoms with E-state index in [2.05, 4.69) is 89.4 Å². The van der Waals surface area contributed by atoms with E-state index in [0.29, 0.717) is 0 Å². The summed E-state index contributed by atoms with van der Waals surface area (Å²) in [6, 6.07) is 9.14.